The van der Waals surface area contributed by atoms with Gasteiger partial charge in [0.05, 0.1) is 0 Å². The first-order valence-corrected chi connectivity index (χ1v) is 8.89. The standard InChI is InChI=1S/C17H23N5O4/c1-3-5-12(22-8-6-18-7-9-22)21-26-17-19-15(24)14-11(4-2)10-13(23)25-16(14)20-17/h10,18H,3-9H2,1-2H3,(H,19,20,24)/b21-12+. The quantitative estimate of drug-likeness (QED) is 0.461. The Morgan fingerprint density at radius 3 is 2.81 bits per heavy atom. The number of H-pyrrole nitrogens is 1. The van der Waals surface area contributed by atoms with E-state index in [9.17, 15) is 9.59 Å². The average molecular weight is 361 g/mol. The summed E-state index contributed by atoms with van der Waals surface area (Å²) >= 11 is 0. The Bertz CT molecular complexity index is 911. The van der Waals surface area contributed by atoms with Gasteiger partial charge < -0.3 is 19.5 Å². The van der Waals surface area contributed by atoms with Crippen molar-refractivity contribution in [2.75, 3.05) is 26.2 Å². The molecule has 0 spiro atoms. The van der Waals surface area contributed by atoms with Crippen molar-refractivity contribution < 1.29 is 9.25 Å². The summed E-state index contributed by atoms with van der Waals surface area (Å²) in [5.74, 6) is 0.806. The molecular weight excluding hydrogens is 338 g/mol. The third-order valence-electron chi connectivity index (χ3n) is 4.25. The molecule has 1 aliphatic heterocycles. The van der Waals surface area contributed by atoms with Gasteiger partial charge in [-0.1, -0.05) is 19.0 Å². The largest absolute Gasteiger partial charge is 0.403 e. The molecule has 2 aromatic heterocycles. The summed E-state index contributed by atoms with van der Waals surface area (Å²) in [5, 5.41) is 7.74. The number of aromatic nitrogens is 2. The molecule has 1 aliphatic rings. The first kappa shape index (κ1) is 18.1. The van der Waals surface area contributed by atoms with Gasteiger partial charge in [-0.05, 0) is 18.4 Å². The average Bonchev–Trinajstić information content (AvgIpc) is 2.64. The molecule has 0 amide bonds. The molecule has 2 aromatic rings. The van der Waals surface area contributed by atoms with Crippen molar-refractivity contribution in [3.8, 4) is 6.01 Å². The van der Waals surface area contributed by atoms with E-state index in [1.807, 2.05) is 6.92 Å². The molecule has 0 atom stereocenters. The number of hydrogen-bond acceptors (Lipinski definition) is 7. The number of aromatic amines is 1. The highest BCUT2D eigenvalue weighted by atomic mass is 16.6. The molecule has 0 unspecified atom stereocenters. The van der Waals surface area contributed by atoms with E-state index < -0.39 is 11.2 Å². The van der Waals surface area contributed by atoms with Crippen molar-refractivity contribution in [2.24, 2.45) is 5.16 Å². The first-order valence-electron chi connectivity index (χ1n) is 8.89. The van der Waals surface area contributed by atoms with E-state index in [-0.39, 0.29) is 17.1 Å². The van der Waals surface area contributed by atoms with E-state index >= 15 is 0 Å². The molecule has 2 N–H and O–H groups in total. The molecule has 0 saturated carbocycles. The SMILES string of the molecule is CCC/C(=N\Oc1nc2oc(=O)cc(CC)c2c(=O)[nH]1)N1CCNCC1. The minimum Gasteiger partial charge on any atom is -0.403 e. The number of fused-ring (bicyclic) bond motifs is 1. The lowest BCUT2D eigenvalue weighted by molar-refractivity contribution is 0.283. The van der Waals surface area contributed by atoms with Crippen LogP contribution in [-0.4, -0.2) is 46.9 Å². The number of hydrogen-bond donors (Lipinski definition) is 2. The van der Waals surface area contributed by atoms with Crippen LogP contribution < -0.4 is 21.3 Å². The Morgan fingerprint density at radius 2 is 2.12 bits per heavy atom. The zero-order valence-electron chi connectivity index (χ0n) is 15.0. The van der Waals surface area contributed by atoms with Crippen LogP contribution in [-0.2, 0) is 6.42 Å². The molecule has 1 fully saturated rings. The highest BCUT2D eigenvalue weighted by Crippen LogP contribution is 2.14. The molecule has 1 saturated heterocycles. The molecule has 0 aromatic carbocycles. The number of rotatable bonds is 5. The van der Waals surface area contributed by atoms with Crippen LogP contribution in [0.3, 0.4) is 0 Å². The Morgan fingerprint density at radius 1 is 1.35 bits per heavy atom. The maximum absolute atomic E-state index is 12.4. The van der Waals surface area contributed by atoms with E-state index in [1.54, 1.807) is 0 Å². The number of oxime groups is 1. The Labute approximate surface area is 150 Å². The maximum Gasteiger partial charge on any atom is 0.337 e. The summed E-state index contributed by atoms with van der Waals surface area (Å²) in [6.45, 7) is 7.39. The second-order valence-corrected chi connectivity index (χ2v) is 6.08. The third-order valence-corrected chi connectivity index (χ3v) is 4.25. The van der Waals surface area contributed by atoms with Gasteiger partial charge in [0, 0.05) is 38.7 Å². The van der Waals surface area contributed by atoms with Crippen molar-refractivity contribution in [3.63, 3.8) is 0 Å². The fourth-order valence-electron chi connectivity index (χ4n) is 2.96. The van der Waals surface area contributed by atoms with Crippen LogP contribution in [0, 0.1) is 0 Å². The van der Waals surface area contributed by atoms with Crippen molar-refractivity contribution in [3.05, 3.63) is 32.4 Å². The van der Waals surface area contributed by atoms with Gasteiger partial charge in [-0.3, -0.25) is 9.78 Å². The molecule has 26 heavy (non-hydrogen) atoms. The number of amidine groups is 1. The van der Waals surface area contributed by atoms with Crippen LogP contribution in [0.4, 0.5) is 0 Å². The lowest BCUT2D eigenvalue weighted by atomic mass is 10.1. The molecule has 9 heteroatoms. The van der Waals surface area contributed by atoms with Crippen LogP contribution in [0.2, 0.25) is 0 Å². The van der Waals surface area contributed by atoms with Gasteiger partial charge in [0.1, 0.15) is 11.2 Å². The molecule has 3 heterocycles. The summed E-state index contributed by atoms with van der Waals surface area (Å²) in [4.78, 5) is 38.2. The number of nitrogens with zero attached hydrogens (tertiary/aromatic N) is 3. The van der Waals surface area contributed by atoms with Crippen LogP contribution in [0.15, 0.2) is 25.2 Å². The fraction of sp³-hybridized carbons (Fsp3) is 0.529. The molecule has 0 bridgehead atoms. The second-order valence-electron chi connectivity index (χ2n) is 6.08. The van der Waals surface area contributed by atoms with E-state index in [0.717, 1.165) is 44.9 Å². The van der Waals surface area contributed by atoms with Gasteiger partial charge in [-0.15, -0.1) is 0 Å². The van der Waals surface area contributed by atoms with Crippen LogP contribution >= 0.6 is 0 Å². The lowest BCUT2D eigenvalue weighted by Gasteiger charge is -2.29. The maximum atomic E-state index is 12.4. The van der Waals surface area contributed by atoms with Gasteiger partial charge >= 0.3 is 11.6 Å². The normalized spacial score (nSPS) is 15.5. The highest BCUT2D eigenvalue weighted by Gasteiger charge is 2.16. The third kappa shape index (κ3) is 3.93. The fourth-order valence-corrected chi connectivity index (χ4v) is 2.96. The van der Waals surface area contributed by atoms with E-state index in [1.165, 1.54) is 6.07 Å². The zero-order valence-corrected chi connectivity index (χ0v) is 15.0. The monoisotopic (exact) mass is 361 g/mol. The molecule has 0 aliphatic carbocycles. The van der Waals surface area contributed by atoms with Crippen molar-refractivity contribution in [1.29, 1.82) is 0 Å². The van der Waals surface area contributed by atoms with Crippen LogP contribution in [0.1, 0.15) is 32.3 Å². The van der Waals surface area contributed by atoms with Crippen LogP contribution in [0.5, 0.6) is 6.01 Å². The lowest BCUT2D eigenvalue weighted by Crippen LogP contribution is -2.46. The Kier molecular flexibility index (Phi) is 5.67. The number of aryl methyl sites for hydroxylation is 1. The van der Waals surface area contributed by atoms with Gasteiger partial charge in [0.25, 0.3) is 5.56 Å². The van der Waals surface area contributed by atoms with E-state index in [2.05, 4.69) is 32.3 Å². The van der Waals surface area contributed by atoms with Gasteiger partial charge in [0.2, 0.25) is 5.71 Å². The summed E-state index contributed by atoms with van der Waals surface area (Å²) in [7, 11) is 0. The summed E-state index contributed by atoms with van der Waals surface area (Å²) in [6, 6.07) is 1.21. The minimum atomic E-state index is -0.547. The predicted molar refractivity (Wildman–Crippen MR) is 97.7 cm³/mol. The number of nitrogens with one attached hydrogen (secondary N) is 2. The van der Waals surface area contributed by atoms with Gasteiger partial charge in [0.15, 0.2) is 0 Å². The van der Waals surface area contributed by atoms with Gasteiger partial charge in [-0.2, -0.15) is 4.98 Å². The summed E-state index contributed by atoms with van der Waals surface area (Å²) in [5.41, 5.74) is -0.413. The smallest absolute Gasteiger partial charge is 0.337 e. The second kappa shape index (κ2) is 8.13. The highest BCUT2D eigenvalue weighted by molar-refractivity contribution is 5.82. The molecule has 140 valence electrons. The summed E-state index contributed by atoms with van der Waals surface area (Å²) < 4.78 is 5.06. The molecule has 0 radical (unpaired) electrons. The van der Waals surface area contributed by atoms with Gasteiger partial charge in [-0.25, -0.2) is 4.79 Å². The topological polar surface area (TPSA) is 113 Å². The van der Waals surface area contributed by atoms with Crippen molar-refractivity contribution >= 4 is 16.9 Å². The Balaban J connectivity index is 1.92. The van der Waals surface area contributed by atoms with Crippen molar-refractivity contribution in [2.45, 2.75) is 33.1 Å². The molecule has 9 nitrogen and oxygen atoms in total. The zero-order chi connectivity index (χ0) is 18.5. The van der Waals surface area contributed by atoms with Crippen molar-refractivity contribution in [1.82, 2.24) is 20.2 Å². The van der Waals surface area contributed by atoms with E-state index in [4.69, 9.17) is 9.25 Å². The Hall–Kier alpha value is -2.68. The minimum absolute atomic E-state index is 0.0393. The number of piperazine rings is 1. The molecular formula is C17H23N5O4. The predicted octanol–water partition coefficient (Wildman–Crippen LogP) is 0.836. The van der Waals surface area contributed by atoms with E-state index in [0.29, 0.717) is 12.0 Å². The first-order chi connectivity index (χ1) is 12.6. The van der Waals surface area contributed by atoms with Crippen LogP contribution in [0.25, 0.3) is 11.1 Å². The summed E-state index contributed by atoms with van der Waals surface area (Å²) in [6.07, 6.45) is 2.20. The molecule has 3 rings (SSSR count).